The first-order chi connectivity index (χ1) is 2.50. The van der Waals surface area contributed by atoms with Gasteiger partial charge in [0.1, 0.15) is 0 Å². The van der Waals surface area contributed by atoms with Gasteiger partial charge in [0, 0.05) is 0 Å². The smallest absolute Gasteiger partial charge is 0.173 e. The average Bonchev–Trinajstić information content (AvgIpc) is 1.76. The van der Waals surface area contributed by atoms with Crippen molar-refractivity contribution in [2.24, 2.45) is 0 Å². The fraction of sp³-hybridized carbons (Fsp3) is 0. The van der Waals surface area contributed by atoms with E-state index in [-0.39, 0.29) is 0 Å². The van der Waals surface area contributed by atoms with Gasteiger partial charge in [-0.1, -0.05) is 0 Å². The maximum atomic E-state index is 3.00. The SMILES string of the molecule is n1n[15n]n[n-]1. The summed E-state index contributed by atoms with van der Waals surface area (Å²) in [7, 11) is 0. The maximum Gasteiger partial charge on any atom is -0.173 e. The molecule has 5 nitrogen and oxygen atoms in total. The Balaban J connectivity index is 3.13. The van der Waals surface area contributed by atoms with E-state index in [0.29, 0.717) is 0 Å². The number of rotatable bonds is 0. The Kier molecular flexibility index (Phi) is 0.338. The van der Waals surface area contributed by atoms with Gasteiger partial charge in [-0.3, -0.25) is 0 Å². The van der Waals surface area contributed by atoms with Crippen LogP contribution in [0.5, 0.6) is 0 Å². The van der Waals surface area contributed by atoms with Crippen molar-refractivity contribution in [1.82, 2.24) is 26.1 Å². The molecule has 0 atom stereocenters. The lowest BCUT2D eigenvalue weighted by Crippen LogP contribution is -1.71. The second-order valence-electron chi connectivity index (χ2n) is 0.447. The van der Waals surface area contributed by atoms with E-state index in [1.54, 1.807) is 0 Å². The van der Waals surface area contributed by atoms with Crippen molar-refractivity contribution in [3.05, 3.63) is 0 Å². The van der Waals surface area contributed by atoms with Gasteiger partial charge in [-0.15, -0.1) is 0 Å². The third-order valence-electron chi connectivity index (χ3n) is 0.200. The first-order valence-corrected chi connectivity index (χ1v) is 1.000. The Morgan fingerprint density at radius 3 is 1.80 bits per heavy atom. The Hall–Kier alpha value is -1.00. The number of nitrogens with zero attached hydrogens (tertiary/aromatic N) is 5. The molecule has 0 aromatic carbocycles. The second kappa shape index (κ2) is 0.750. The lowest BCUT2D eigenvalue weighted by Gasteiger charge is -1.54. The zero-order valence-corrected chi connectivity index (χ0v) is 2.24. The lowest BCUT2D eigenvalue weighted by atomic mass is 12.7. The molecule has 0 unspecified atom stereocenters. The number of aromatic nitrogens is 5. The highest BCUT2D eigenvalue weighted by atomic mass is 16.0. The van der Waals surface area contributed by atoms with Crippen LogP contribution in [-0.4, -0.2) is 20.9 Å². The maximum absolute atomic E-state index is 3.00. The average molecular weight is 71.0 g/mol. The van der Waals surface area contributed by atoms with E-state index in [4.69, 9.17) is 0 Å². The van der Waals surface area contributed by atoms with Gasteiger partial charge in [-0.2, -0.15) is 15.6 Å². The number of hydrogen-bond acceptors (Lipinski definition) is 4. The lowest BCUT2D eigenvalue weighted by molar-refractivity contribution is 0.854. The Morgan fingerprint density at radius 1 is 1.00 bits per heavy atom. The fourth-order valence-electron chi connectivity index (χ4n) is 0.0894. The summed E-state index contributed by atoms with van der Waals surface area (Å²) in [6, 6.07) is 0. The molecule has 0 aliphatic carbocycles. The molecule has 1 heterocycles. The number of hydrogen-bond donors (Lipinski definition) is 0. The molecule has 0 bridgehead atoms. The molecule has 0 saturated heterocycles. The highest BCUT2D eigenvalue weighted by Crippen LogP contribution is 1.28. The molecule has 1 rings (SSSR count). The highest BCUT2D eigenvalue weighted by Gasteiger charge is 1.44. The van der Waals surface area contributed by atoms with Crippen molar-refractivity contribution in [3.8, 4) is 0 Å². The van der Waals surface area contributed by atoms with Gasteiger partial charge in [0.05, 0.1) is 0 Å². The van der Waals surface area contributed by atoms with Gasteiger partial charge in [0.15, 0.2) is 0 Å². The van der Waals surface area contributed by atoms with E-state index in [9.17, 15) is 0 Å². The summed E-state index contributed by atoms with van der Waals surface area (Å²) in [6.45, 7) is 0. The summed E-state index contributed by atoms with van der Waals surface area (Å²) in [6.07, 6.45) is 0. The third-order valence-corrected chi connectivity index (χ3v) is 0.200. The zero-order chi connectivity index (χ0) is 3.54. The predicted octanol–water partition coefficient (Wildman–Crippen LogP) is -1.78. The Morgan fingerprint density at radius 2 is 1.60 bits per heavy atom. The molecule has 5 heavy (non-hydrogen) atoms. The van der Waals surface area contributed by atoms with Crippen molar-refractivity contribution in [1.29, 1.82) is 0 Å². The topological polar surface area (TPSA) is 65.7 Å². The summed E-state index contributed by atoms with van der Waals surface area (Å²) < 4.78 is 0. The van der Waals surface area contributed by atoms with Crippen LogP contribution in [0.4, 0.5) is 0 Å². The molecule has 1 aromatic heterocycles. The van der Waals surface area contributed by atoms with E-state index in [1.807, 2.05) is 0 Å². The van der Waals surface area contributed by atoms with Gasteiger partial charge in [0.2, 0.25) is 0 Å². The minimum Gasteiger partial charge on any atom is -0.239 e. The van der Waals surface area contributed by atoms with Gasteiger partial charge < -0.3 is 0 Å². The first-order valence-electron chi connectivity index (χ1n) is 1.000. The van der Waals surface area contributed by atoms with Crippen LogP contribution in [0.2, 0.25) is 0 Å². The normalized spacial score (nSPS) is 8.00. The van der Waals surface area contributed by atoms with Crippen LogP contribution < -0.4 is 5.21 Å². The van der Waals surface area contributed by atoms with Crippen molar-refractivity contribution in [2.45, 2.75) is 0 Å². The molecule has 0 saturated carbocycles. The molecule has 0 fully saturated rings. The molecule has 0 spiro atoms. The van der Waals surface area contributed by atoms with Crippen LogP contribution in [0.15, 0.2) is 0 Å². The van der Waals surface area contributed by atoms with E-state index in [0.717, 1.165) is 0 Å². The molecular weight excluding hydrogens is 71.0 g/mol. The summed E-state index contributed by atoms with van der Waals surface area (Å²) in [5.41, 5.74) is 0. The Bertz CT molecular complexity index is 56.5. The largest absolute Gasteiger partial charge is 0.239 e. The van der Waals surface area contributed by atoms with E-state index in [2.05, 4.69) is 26.1 Å². The van der Waals surface area contributed by atoms with Crippen LogP contribution in [0, 0.1) is 0 Å². The van der Waals surface area contributed by atoms with Crippen LogP contribution in [0.1, 0.15) is 0 Å². The van der Waals surface area contributed by atoms with Gasteiger partial charge in [-0.05, 0) is 0 Å². The molecule has 1 aromatic rings. The second-order valence-corrected chi connectivity index (χ2v) is 0.447. The van der Waals surface area contributed by atoms with Gasteiger partial charge in [-0.25, -0.2) is 10.4 Å². The minimum atomic E-state index is 3.00. The quantitative estimate of drug-likeness (QED) is 0.362. The summed E-state index contributed by atoms with van der Waals surface area (Å²) in [5, 5.41) is 15.0. The minimum absolute atomic E-state index is 3.00. The summed E-state index contributed by atoms with van der Waals surface area (Å²) in [4.78, 5) is 0. The monoisotopic (exact) mass is 71.0 g/mol. The standard InChI is InChI=1S/N5/c1-2-4-5-3-1/q-1/i1+1. The first kappa shape index (κ1) is 2.25. The highest BCUT2D eigenvalue weighted by molar-refractivity contribution is 3.82. The predicted molar refractivity (Wildman–Crippen MR) is 10.9 cm³/mol. The molecule has 26 valence electrons. The fourth-order valence-corrected chi connectivity index (χ4v) is 0.0894. The van der Waals surface area contributed by atoms with Crippen LogP contribution >= 0.6 is 0 Å². The van der Waals surface area contributed by atoms with Crippen molar-refractivity contribution in [3.63, 3.8) is 0 Å². The molecule has 0 aliphatic rings. The molecule has 0 N–H and O–H groups in total. The van der Waals surface area contributed by atoms with E-state index < -0.39 is 0 Å². The zero-order valence-electron chi connectivity index (χ0n) is 2.24. The van der Waals surface area contributed by atoms with Gasteiger partial charge in [0.25, 0.3) is 0 Å². The van der Waals surface area contributed by atoms with Crippen molar-refractivity contribution >= 4 is 0 Å². The van der Waals surface area contributed by atoms with E-state index >= 15 is 0 Å². The molecule has 0 radical (unpaired) electrons. The Labute approximate surface area is 27.4 Å². The van der Waals surface area contributed by atoms with Crippen LogP contribution in [0.3, 0.4) is 0 Å². The molecule has 5 heteroatoms. The van der Waals surface area contributed by atoms with E-state index in [1.165, 1.54) is 0 Å². The van der Waals surface area contributed by atoms with Crippen LogP contribution in [0.25, 0.3) is 0 Å². The summed E-state index contributed by atoms with van der Waals surface area (Å²) in [5.74, 6) is 0. The van der Waals surface area contributed by atoms with Crippen molar-refractivity contribution < 1.29 is 0 Å². The van der Waals surface area contributed by atoms with Gasteiger partial charge >= 0.3 is 0 Å². The summed E-state index contributed by atoms with van der Waals surface area (Å²) >= 11 is 0. The third kappa shape index (κ3) is 0.188. The van der Waals surface area contributed by atoms with Crippen LogP contribution in [-0.2, 0) is 0 Å². The van der Waals surface area contributed by atoms with Crippen molar-refractivity contribution in [2.75, 3.05) is 0 Å². The molecule has 0 amide bonds. The molecular formula is N5-. The molecule has 0 aliphatic heterocycles.